The fraction of sp³-hybridized carbons (Fsp3) is 0.364. The van der Waals surface area contributed by atoms with Crippen LogP contribution in [0.3, 0.4) is 0 Å². The molecule has 0 aromatic heterocycles. The number of rotatable bonds is 5. The molecule has 0 saturated heterocycles. The topological polar surface area (TPSA) is 75.3 Å². The minimum absolute atomic E-state index is 0.0575. The normalized spacial score (nSPS) is 14.4. The lowest BCUT2D eigenvalue weighted by atomic mass is 10.1. The van der Waals surface area contributed by atoms with Crippen LogP contribution in [0.4, 0.5) is 0 Å². The zero-order chi connectivity index (χ0) is 12.1. The van der Waals surface area contributed by atoms with Gasteiger partial charge < -0.3 is 16.2 Å². The van der Waals surface area contributed by atoms with E-state index in [9.17, 15) is 9.90 Å². The molecule has 0 fully saturated rings. The number of amides is 1. The highest BCUT2D eigenvalue weighted by molar-refractivity contribution is 9.10. The van der Waals surface area contributed by atoms with Gasteiger partial charge in [-0.15, -0.1) is 0 Å². The number of hydrogen-bond donors (Lipinski definition) is 3. The maximum absolute atomic E-state index is 10.6. The SMILES string of the molecule is CC(NCC(O)C(N)=O)c1ccc(Br)cc1. The van der Waals surface area contributed by atoms with Crippen LogP contribution in [0.15, 0.2) is 28.7 Å². The average molecular weight is 287 g/mol. The van der Waals surface area contributed by atoms with Crippen molar-refractivity contribution in [3.63, 3.8) is 0 Å². The summed E-state index contributed by atoms with van der Waals surface area (Å²) >= 11 is 3.35. The smallest absolute Gasteiger partial charge is 0.247 e. The molecule has 4 N–H and O–H groups in total. The van der Waals surface area contributed by atoms with E-state index in [4.69, 9.17) is 5.73 Å². The molecule has 0 spiro atoms. The largest absolute Gasteiger partial charge is 0.382 e. The average Bonchev–Trinajstić information content (AvgIpc) is 2.26. The molecule has 4 nitrogen and oxygen atoms in total. The van der Waals surface area contributed by atoms with Gasteiger partial charge in [-0.05, 0) is 24.6 Å². The van der Waals surface area contributed by atoms with Crippen LogP contribution in [0.25, 0.3) is 0 Å². The van der Waals surface area contributed by atoms with Gasteiger partial charge in [0.2, 0.25) is 5.91 Å². The Balaban J connectivity index is 2.49. The van der Waals surface area contributed by atoms with Gasteiger partial charge in [0, 0.05) is 17.1 Å². The van der Waals surface area contributed by atoms with E-state index in [2.05, 4.69) is 21.2 Å². The third-order valence-electron chi connectivity index (χ3n) is 2.32. The van der Waals surface area contributed by atoms with Gasteiger partial charge in [-0.25, -0.2) is 0 Å². The highest BCUT2D eigenvalue weighted by Crippen LogP contribution is 2.16. The van der Waals surface area contributed by atoms with E-state index in [1.807, 2.05) is 31.2 Å². The van der Waals surface area contributed by atoms with Crippen LogP contribution in [0.2, 0.25) is 0 Å². The van der Waals surface area contributed by atoms with Gasteiger partial charge in [-0.1, -0.05) is 28.1 Å². The summed E-state index contributed by atoms with van der Waals surface area (Å²) in [4.78, 5) is 10.6. The molecule has 0 aliphatic carbocycles. The molecule has 1 rings (SSSR count). The Morgan fingerprint density at radius 1 is 1.50 bits per heavy atom. The Morgan fingerprint density at radius 2 is 2.06 bits per heavy atom. The van der Waals surface area contributed by atoms with Gasteiger partial charge >= 0.3 is 0 Å². The van der Waals surface area contributed by atoms with E-state index < -0.39 is 12.0 Å². The zero-order valence-electron chi connectivity index (χ0n) is 8.98. The summed E-state index contributed by atoms with van der Waals surface area (Å²) in [5, 5.41) is 12.3. The van der Waals surface area contributed by atoms with Crippen molar-refractivity contribution >= 4 is 21.8 Å². The Bertz CT molecular complexity index is 354. The molecular formula is C11H15BrN2O2. The van der Waals surface area contributed by atoms with Crippen molar-refractivity contribution in [1.82, 2.24) is 5.32 Å². The predicted octanol–water partition coefficient (Wildman–Crippen LogP) is 0.946. The van der Waals surface area contributed by atoms with Crippen molar-refractivity contribution in [2.24, 2.45) is 5.73 Å². The number of halogens is 1. The van der Waals surface area contributed by atoms with Crippen LogP contribution in [0.5, 0.6) is 0 Å². The first-order valence-electron chi connectivity index (χ1n) is 4.97. The highest BCUT2D eigenvalue weighted by Gasteiger charge is 2.12. The lowest BCUT2D eigenvalue weighted by Gasteiger charge is -2.15. The van der Waals surface area contributed by atoms with Crippen molar-refractivity contribution in [3.05, 3.63) is 34.3 Å². The minimum Gasteiger partial charge on any atom is -0.382 e. The van der Waals surface area contributed by atoms with E-state index in [1.165, 1.54) is 0 Å². The number of aliphatic hydroxyl groups excluding tert-OH is 1. The molecule has 1 aromatic rings. The number of carbonyl (C=O) groups excluding carboxylic acids is 1. The van der Waals surface area contributed by atoms with Gasteiger partial charge in [-0.3, -0.25) is 4.79 Å². The Kier molecular flexibility index (Phi) is 4.92. The second-order valence-electron chi connectivity index (χ2n) is 3.60. The summed E-state index contributed by atoms with van der Waals surface area (Å²) < 4.78 is 1.01. The van der Waals surface area contributed by atoms with Crippen molar-refractivity contribution in [3.8, 4) is 0 Å². The van der Waals surface area contributed by atoms with Crippen molar-refractivity contribution < 1.29 is 9.90 Å². The maximum atomic E-state index is 10.6. The van der Waals surface area contributed by atoms with Crippen molar-refractivity contribution in [2.75, 3.05) is 6.54 Å². The molecule has 0 heterocycles. The standard InChI is InChI=1S/C11H15BrN2O2/c1-7(14-6-10(15)11(13)16)8-2-4-9(12)5-3-8/h2-5,7,10,14-15H,6H2,1H3,(H2,13,16). The van der Waals surface area contributed by atoms with E-state index in [-0.39, 0.29) is 12.6 Å². The van der Waals surface area contributed by atoms with Crippen molar-refractivity contribution in [2.45, 2.75) is 19.1 Å². The quantitative estimate of drug-likeness (QED) is 0.754. The Hall–Kier alpha value is -0.910. The maximum Gasteiger partial charge on any atom is 0.247 e. The first-order chi connectivity index (χ1) is 7.50. The van der Waals surface area contributed by atoms with Crippen LogP contribution < -0.4 is 11.1 Å². The summed E-state index contributed by atoms with van der Waals surface area (Å²) in [6.07, 6.45) is -1.14. The number of nitrogens with two attached hydrogens (primary N) is 1. The molecular weight excluding hydrogens is 272 g/mol. The Labute approximate surface area is 103 Å². The van der Waals surface area contributed by atoms with Crippen molar-refractivity contribution in [1.29, 1.82) is 0 Å². The number of benzene rings is 1. The summed E-state index contributed by atoms with van der Waals surface area (Å²) in [6.45, 7) is 2.11. The lowest BCUT2D eigenvalue weighted by Crippen LogP contribution is -2.38. The third-order valence-corrected chi connectivity index (χ3v) is 2.84. The fourth-order valence-electron chi connectivity index (χ4n) is 1.26. The van der Waals surface area contributed by atoms with E-state index in [1.54, 1.807) is 0 Å². The summed E-state index contributed by atoms with van der Waals surface area (Å²) in [5.74, 6) is -0.712. The second kappa shape index (κ2) is 5.98. The minimum atomic E-state index is -1.14. The molecule has 5 heteroatoms. The number of carbonyl (C=O) groups is 1. The van der Waals surface area contributed by atoms with Crippen LogP contribution >= 0.6 is 15.9 Å². The van der Waals surface area contributed by atoms with Gasteiger partial charge in [0.15, 0.2) is 0 Å². The summed E-state index contributed by atoms with van der Waals surface area (Å²) in [5.41, 5.74) is 6.03. The molecule has 0 aliphatic rings. The molecule has 1 aromatic carbocycles. The molecule has 0 bridgehead atoms. The van der Waals surface area contributed by atoms with Gasteiger partial charge in [0.05, 0.1) is 0 Å². The monoisotopic (exact) mass is 286 g/mol. The van der Waals surface area contributed by atoms with E-state index in [0.717, 1.165) is 10.0 Å². The number of hydrogen-bond acceptors (Lipinski definition) is 3. The number of aliphatic hydroxyl groups is 1. The number of primary amides is 1. The molecule has 2 atom stereocenters. The second-order valence-corrected chi connectivity index (χ2v) is 4.52. The lowest BCUT2D eigenvalue weighted by molar-refractivity contribution is -0.125. The summed E-state index contributed by atoms with van der Waals surface area (Å²) in [6, 6.07) is 7.88. The highest BCUT2D eigenvalue weighted by atomic mass is 79.9. The fourth-order valence-corrected chi connectivity index (χ4v) is 1.52. The number of nitrogens with one attached hydrogen (secondary N) is 1. The molecule has 16 heavy (non-hydrogen) atoms. The molecule has 0 radical (unpaired) electrons. The van der Waals surface area contributed by atoms with E-state index in [0.29, 0.717) is 0 Å². The van der Waals surface area contributed by atoms with Crippen LogP contribution in [0.1, 0.15) is 18.5 Å². The molecule has 0 aliphatic heterocycles. The molecule has 2 unspecified atom stereocenters. The zero-order valence-corrected chi connectivity index (χ0v) is 10.6. The van der Waals surface area contributed by atoms with Gasteiger partial charge in [0.1, 0.15) is 6.10 Å². The first kappa shape index (κ1) is 13.2. The van der Waals surface area contributed by atoms with Gasteiger partial charge in [-0.2, -0.15) is 0 Å². The summed E-state index contributed by atoms with van der Waals surface area (Å²) in [7, 11) is 0. The van der Waals surface area contributed by atoms with Gasteiger partial charge in [0.25, 0.3) is 0 Å². The van der Waals surface area contributed by atoms with Crippen LogP contribution in [0, 0.1) is 0 Å². The molecule has 0 saturated carbocycles. The molecule has 88 valence electrons. The van der Waals surface area contributed by atoms with E-state index >= 15 is 0 Å². The van der Waals surface area contributed by atoms with Crippen LogP contribution in [-0.2, 0) is 4.79 Å². The molecule has 1 amide bonds. The predicted molar refractivity (Wildman–Crippen MR) is 65.8 cm³/mol. The van der Waals surface area contributed by atoms with Crippen LogP contribution in [-0.4, -0.2) is 23.7 Å². The Morgan fingerprint density at radius 3 is 2.56 bits per heavy atom. The first-order valence-corrected chi connectivity index (χ1v) is 5.76. The third kappa shape index (κ3) is 3.92.